The first kappa shape index (κ1) is 12.3. The molecule has 0 aliphatic rings. The summed E-state index contributed by atoms with van der Waals surface area (Å²) in [5.41, 5.74) is 0. The van der Waals surface area contributed by atoms with Gasteiger partial charge in [-0.1, -0.05) is 0 Å². The largest absolute Gasteiger partial charge is 0.294 e. The molecular formula is C10H11BrN4OS. The van der Waals surface area contributed by atoms with Crippen molar-refractivity contribution in [2.24, 2.45) is 7.05 Å². The first-order chi connectivity index (χ1) is 8.08. The molecule has 0 aromatic carbocycles. The maximum atomic E-state index is 12.0. The first-order valence-electron chi connectivity index (χ1n) is 4.98. The van der Waals surface area contributed by atoms with E-state index < -0.39 is 0 Å². The van der Waals surface area contributed by atoms with Crippen LogP contribution in [0.3, 0.4) is 0 Å². The van der Waals surface area contributed by atoms with Crippen molar-refractivity contribution < 1.29 is 4.79 Å². The molecule has 2 rings (SSSR count). The molecule has 5 nitrogen and oxygen atoms in total. The number of aromatic nitrogens is 3. The molecule has 1 N–H and O–H groups in total. The van der Waals surface area contributed by atoms with Crippen molar-refractivity contribution in [1.82, 2.24) is 14.8 Å². The van der Waals surface area contributed by atoms with Crippen LogP contribution in [-0.4, -0.2) is 20.7 Å². The monoisotopic (exact) mass is 314 g/mol. The maximum Gasteiger partial charge on any atom is 0.234 e. The Hall–Kier alpha value is -1.21. The molecule has 90 valence electrons. The van der Waals surface area contributed by atoms with Crippen LogP contribution in [0.1, 0.15) is 17.7 Å². The summed E-state index contributed by atoms with van der Waals surface area (Å²) in [7, 11) is 1.73. The fourth-order valence-corrected chi connectivity index (χ4v) is 2.79. The van der Waals surface area contributed by atoms with Gasteiger partial charge in [0.2, 0.25) is 11.9 Å². The minimum atomic E-state index is -0.206. The third-order valence-electron chi connectivity index (χ3n) is 2.36. The molecule has 1 atom stereocenters. The number of nitrogens with one attached hydrogen (secondary N) is 1. The van der Waals surface area contributed by atoms with Gasteiger partial charge in [0.1, 0.15) is 6.33 Å². The van der Waals surface area contributed by atoms with Crippen LogP contribution < -0.4 is 5.32 Å². The number of aryl methyl sites for hydroxylation is 1. The SMILES string of the molecule is CC(C(=O)Nc1ncnn1C)c1ccc(Br)s1. The Morgan fingerprint density at radius 1 is 1.59 bits per heavy atom. The molecule has 1 amide bonds. The van der Waals surface area contributed by atoms with Gasteiger partial charge in [-0.05, 0) is 35.0 Å². The van der Waals surface area contributed by atoms with Crippen LogP contribution in [0, 0.1) is 0 Å². The Labute approximate surface area is 111 Å². The van der Waals surface area contributed by atoms with Gasteiger partial charge >= 0.3 is 0 Å². The fourth-order valence-electron chi connectivity index (χ4n) is 1.32. The minimum absolute atomic E-state index is 0.0875. The van der Waals surface area contributed by atoms with Gasteiger partial charge in [0, 0.05) is 11.9 Å². The Morgan fingerprint density at radius 3 is 2.88 bits per heavy atom. The predicted octanol–water partition coefficient (Wildman–Crippen LogP) is 2.38. The smallest absolute Gasteiger partial charge is 0.234 e. The van der Waals surface area contributed by atoms with Crippen LogP contribution >= 0.6 is 27.3 Å². The summed E-state index contributed by atoms with van der Waals surface area (Å²) in [5, 5.41) is 6.63. The van der Waals surface area contributed by atoms with E-state index in [-0.39, 0.29) is 11.8 Å². The second-order valence-corrected chi connectivity index (χ2v) is 6.05. The summed E-state index contributed by atoms with van der Waals surface area (Å²) < 4.78 is 2.54. The van der Waals surface area contributed by atoms with Crippen molar-refractivity contribution in [3.05, 3.63) is 27.1 Å². The van der Waals surface area contributed by atoms with Gasteiger partial charge in [-0.15, -0.1) is 11.3 Å². The zero-order valence-electron chi connectivity index (χ0n) is 9.35. The highest BCUT2D eigenvalue weighted by atomic mass is 79.9. The van der Waals surface area contributed by atoms with Crippen LogP contribution in [0.5, 0.6) is 0 Å². The van der Waals surface area contributed by atoms with E-state index in [0.717, 1.165) is 8.66 Å². The third kappa shape index (κ3) is 2.73. The van der Waals surface area contributed by atoms with E-state index in [1.54, 1.807) is 18.4 Å². The lowest BCUT2D eigenvalue weighted by Gasteiger charge is -2.09. The lowest BCUT2D eigenvalue weighted by atomic mass is 10.1. The minimum Gasteiger partial charge on any atom is -0.294 e. The summed E-state index contributed by atoms with van der Waals surface area (Å²) in [6.07, 6.45) is 1.40. The Balaban J connectivity index is 2.08. The lowest BCUT2D eigenvalue weighted by molar-refractivity contribution is -0.117. The van der Waals surface area contributed by atoms with Gasteiger partial charge in [0.25, 0.3) is 0 Å². The molecule has 0 aliphatic heterocycles. The highest BCUT2D eigenvalue weighted by Gasteiger charge is 2.18. The Kier molecular flexibility index (Phi) is 3.58. The molecule has 0 aliphatic carbocycles. The number of carbonyl (C=O) groups is 1. The predicted molar refractivity (Wildman–Crippen MR) is 70.1 cm³/mol. The summed E-state index contributed by atoms with van der Waals surface area (Å²) in [6.45, 7) is 1.87. The molecular weight excluding hydrogens is 304 g/mol. The summed E-state index contributed by atoms with van der Waals surface area (Å²) >= 11 is 4.94. The molecule has 0 saturated heterocycles. The number of halogens is 1. The molecule has 0 spiro atoms. The molecule has 0 fully saturated rings. The molecule has 2 heterocycles. The number of amides is 1. The van der Waals surface area contributed by atoms with Crippen molar-refractivity contribution in [3.8, 4) is 0 Å². The molecule has 2 aromatic heterocycles. The third-order valence-corrected chi connectivity index (χ3v) is 4.17. The second kappa shape index (κ2) is 4.97. The molecule has 0 bridgehead atoms. The number of nitrogens with zero attached hydrogens (tertiary/aromatic N) is 3. The highest BCUT2D eigenvalue weighted by Crippen LogP contribution is 2.28. The number of anilines is 1. The van der Waals surface area contributed by atoms with Gasteiger partial charge in [-0.25, -0.2) is 4.68 Å². The second-order valence-electron chi connectivity index (χ2n) is 3.56. The van der Waals surface area contributed by atoms with Crippen LogP contribution in [0.4, 0.5) is 5.95 Å². The molecule has 0 saturated carbocycles. The quantitative estimate of drug-likeness (QED) is 0.946. The number of rotatable bonds is 3. The highest BCUT2D eigenvalue weighted by molar-refractivity contribution is 9.11. The average molecular weight is 315 g/mol. The molecule has 2 aromatic rings. The molecule has 0 radical (unpaired) electrons. The van der Waals surface area contributed by atoms with E-state index in [9.17, 15) is 4.79 Å². The topological polar surface area (TPSA) is 59.8 Å². The van der Waals surface area contributed by atoms with E-state index in [2.05, 4.69) is 31.3 Å². The van der Waals surface area contributed by atoms with E-state index in [1.165, 1.54) is 11.0 Å². The lowest BCUT2D eigenvalue weighted by Crippen LogP contribution is -2.20. The maximum absolute atomic E-state index is 12.0. The van der Waals surface area contributed by atoms with Crippen molar-refractivity contribution in [2.45, 2.75) is 12.8 Å². The van der Waals surface area contributed by atoms with Crippen molar-refractivity contribution in [3.63, 3.8) is 0 Å². The van der Waals surface area contributed by atoms with E-state index >= 15 is 0 Å². The Bertz CT molecular complexity index is 536. The van der Waals surface area contributed by atoms with E-state index in [1.807, 2.05) is 19.1 Å². The summed E-state index contributed by atoms with van der Waals surface area (Å²) in [5.74, 6) is 0.163. The molecule has 1 unspecified atom stereocenters. The van der Waals surface area contributed by atoms with Crippen molar-refractivity contribution >= 4 is 39.1 Å². The van der Waals surface area contributed by atoms with Crippen molar-refractivity contribution in [2.75, 3.05) is 5.32 Å². The van der Waals surface area contributed by atoms with Gasteiger partial charge in [0.05, 0.1) is 9.70 Å². The van der Waals surface area contributed by atoms with Crippen LogP contribution in [0.2, 0.25) is 0 Å². The molecule has 7 heteroatoms. The summed E-state index contributed by atoms with van der Waals surface area (Å²) in [4.78, 5) is 16.9. The van der Waals surface area contributed by atoms with Gasteiger partial charge in [-0.3, -0.25) is 10.1 Å². The van der Waals surface area contributed by atoms with Crippen LogP contribution in [0.15, 0.2) is 22.2 Å². The first-order valence-corrected chi connectivity index (χ1v) is 6.59. The number of hydrogen-bond acceptors (Lipinski definition) is 4. The van der Waals surface area contributed by atoms with Crippen LogP contribution in [-0.2, 0) is 11.8 Å². The van der Waals surface area contributed by atoms with E-state index in [0.29, 0.717) is 5.95 Å². The zero-order valence-corrected chi connectivity index (χ0v) is 11.7. The van der Waals surface area contributed by atoms with Crippen molar-refractivity contribution in [1.29, 1.82) is 0 Å². The summed E-state index contributed by atoms with van der Waals surface area (Å²) in [6, 6.07) is 3.88. The Morgan fingerprint density at radius 2 is 2.35 bits per heavy atom. The fraction of sp³-hybridized carbons (Fsp3) is 0.300. The van der Waals surface area contributed by atoms with Gasteiger partial charge < -0.3 is 0 Å². The normalized spacial score (nSPS) is 12.4. The number of hydrogen-bond donors (Lipinski definition) is 1. The van der Waals surface area contributed by atoms with Gasteiger partial charge in [0.15, 0.2) is 0 Å². The zero-order chi connectivity index (χ0) is 12.4. The number of carbonyl (C=O) groups excluding carboxylic acids is 1. The average Bonchev–Trinajstić information content (AvgIpc) is 2.88. The standard InChI is InChI=1S/C10H11BrN4OS/c1-6(7-3-4-8(11)17-7)9(16)14-10-12-5-13-15(10)2/h3-6H,1-2H3,(H,12,13,14,16). The molecule has 17 heavy (non-hydrogen) atoms. The van der Waals surface area contributed by atoms with E-state index in [4.69, 9.17) is 0 Å². The van der Waals surface area contributed by atoms with Crippen LogP contribution in [0.25, 0.3) is 0 Å². The number of thiophene rings is 1. The van der Waals surface area contributed by atoms with Gasteiger partial charge in [-0.2, -0.15) is 10.1 Å².